The van der Waals surface area contributed by atoms with Crippen molar-refractivity contribution in [2.24, 2.45) is 0 Å². The highest BCUT2D eigenvalue weighted by Gasteiger charge is 2.37. The average molecular weight is 391 g/mol. The molecule has 2 aliphatic rings. The Hall–Kier alpha value is -2.65. The molecular weight excluding hydrogens is 366 g/mol. The first kappa shape index (κ1) is 20.1. The Labute approximate surface area is 163 Å². The van der Waals surface area contributed by atoms with E-state index < -0.39 is 18.2 Å². The van der Waals surface area contributed by atoms with Gasteiger partial charge >= 0.3 is 5.97 Å². The number of rotatable bonds is 7. The molecule has 0 radical (unpaired) electrons. The highest BCUT2D eigenvalue weighted by molar-refractivity contribution is 5.92. The van der Waals surface area contributed by atoms with E-state index in [1.807, 2.05) is 24.3 Å². The van der Waals surface area contributed by atoms with Crippen molar-refractivity contribution >= 4 is 17.8 Å². The normalized spacial score (nSPS) is 24.8. The Morgan fingerprint density at radius 3 is 2.75 bits per heavy atom. The molecule has 28 heavy (non-hydrogen) atoms. The number of carbonyl (C=O) groups is 3. The van der Waals surface area contributed by atoms with Crippen molar-refractivity contribution in [3.05, 3.63) is 29.8 Å². The molecular formula is C19H25N3O6. The second-order valence-corrected chi connectivity index (χ2v) is 6.93. The first-order valence-corrected chi connectivity index (χ1v) is 9.24. The summed E-state index contributed by atoms with van der Waals surface area (Å²) >= 11 is 0. The lowest BCUT2D eigenvalue weighted by molar-refractivity contribution is -0.155. The predicted molar refractivity (Wildman–Crippen MR) is 98.6 cm³/mol. The fraction of sp³-hybridized carbons (Fsp3) is 0.526. The Bertz CT molecular complexity index is 723. The van der Waals surface area contributed by atoms with Crippen LogP contribution in [0.15, 0.2) is 24.3 Å². The van der Waals surface area contributed by atoms with Crippen LogP contribution in [0.4, 0.5) is 0 Å². The standard InChI is InChI=1S/C19H25N3O6/c1-27-13-4-2-12(3-5-13)8-14-19(15(23)9-20-14)28-18(26)6-7-22-11-16(24)21-10-17(22)25/h2-5,14-15,19-20,23H,6-11H2,1H3,(H,21,24)/t14-,15+,19+/m1/s1. The van der Waals surface area contributed by atoms with Gasteiger partial charge in [0.15, 0.2) is 0 Å². The van der Waals surface area contributed by atoms with Gasteiger partial charge in [-0.25, -0.2) is 0 Å². The maximum atomic E-state index is 12.2. The third kappa shape index (κ3) is 4.99. The first-order valence-electron chi connectivity index (χ1n) is 9.24. The zero-order chi connectivity index (χ0) is 20.1. The number of nitrogens with one attached hydrogen (secondary N) is 2. The van der Waals surface area contributed by atoms with Crippen molar-refractivity contribution in [2.45, 2.75) is 31.1 Å². The lowest BCUT2D eigenvalue weighted by Crippen LogP contribution is -2.52. The summed E-state index contributed by atoms with van der Waals surface area (Å²) < 4.78 is 10.6. The maximum absolute atomic E-state index is 12.2. The molecule has 0 spiro atoms. The Morgan fingerprint density at radius 2 is 2.04 bits per heavy atom. The van der Waals surface area contributed by atoms with Crippen LogP contribution in [0.5, 0.6) is 5.75 Å². The van der Waals surface area contributed by atoms with Crippen LogP contribution in [-0.2, 0) is 25.5 Å². The Balaban J connectivity index is 1.52. The summed E-state index contributed by atoms with van der Waals surface area (Å²) in [5.74, 6) is -0.228. The molecule has 0 unspecified atom stereocenters. The molecule has 2 aliphatic heterocycles. The van der Waals surface area contributed by atoms with Crippen molar-refractivity contribution in [1.82, 2.24) is 15.5 Å². The molecule has 1 aromatic rings. The molecule has 3 rings (SSSR count). The number of amides is 2. The first-order chi connectivity index (χ1) is 13.5. The van der Waals surface area contributed by atoms with E-state index in [0.29, 0.717) is 13.0 Å². The van der Waals surface area contributed by atoms with Crippen molar-refractivity contribution in [3.8, 4) is 5.75 Å². The minimum Gasteiger partial charge on any atom is -0.497 e. The number of ether oxygens (including phenoxy) is 2. The molecule has 2 saturated heterocycles. The minimum atomic E-state index is -0.797. The van der Waals surface area contributed by atoms with Crippen LogP contribution in [0.2, 0.25) is 0 Å². The van der Waals surface area contributed by atoms with E-state index in [0.717, 1.165) is 11.3 Å². The molecule has 1 aromatic carbocycles. The van der Waals surface area contributed by atoms with E-state index in [4.69, 9.17) is 9.47 Å². The van der Waals surface area contributed by atoms with Gasteiger partial charge in [-0.05, 0) is 24.1 Å². The molecule has 9 nitrogen and oxygen atoms in total. The van der Waals surface area contributed by atoms with Crippen molar-refractivity contribution in [1.29, 1.82) is 0 Å². The van der Waals surface area contributed by atoms with Crippen LogP contribution in [0.25, 0.3) is 0 Å². The van der Waals surface area contributed by atoms with Crippen LogP contribution in [0.3, 0.4) is 0 Å². The number of nitrogens with zero attached hydrogens (tertiary/aromatic N) is 1. The SMILES string of the molecule is COc1ccc(C[C@H]2NC[C@H](O)[C@H]2OC(=O)CCN2CC(=O)NCC2=O)cc1. The summed E-state index contributed by atoms with van der Waals surface area (Å²) in [5, 5.41) is 15.8. The van der Waals surface area contributed by atoms with Gasteiger partial charge < -0.3 is 30.1 Å². The number of benzene rings is 1. The predicted octanol–water partition coefficient (Wildman–Crippen LogP) is -1.17. The van der Waals surface area contributed by atoms with E-state index in [2.05, 4.69) is 10.6 Å². The summed E-state index contributed by atoms with van der Waals surface area (Å²) in [7, 11) is 1.60. The molecule has 2 amide bonds. The number of esters is 1. The van der Waals surface area contributed by atoms with Crippen LogP contribution >= 0.6 is 0 Å². The number of carbonyl (C=O) groups excluding carboxylic acids is 3. The molecule has 2 fully saturated rings. The second-order valence-electron chi connectivity index (χ2n) is 6.93. The number of hydrogen-bond donors (Lipinski definition) is 3. The summed E-state index contributed by atoms with van der Waals surface area (Å²) in [6.45, 7) is 0.344. The number of aliphatic hydroxyl groups is 1. The topological polar surface area (TPSA) is 117 Å². The van der Waals surface area contributed by atoms with Crippen LogP contribution in [0, 0.1) is 0 Å². The van der Waals surface area contributed by atoms with Crippen LogP contribution in [-0.4, -0.2) is 79.3 Å². The van der Waals surface area contributed by atoms with Gasteiger partial charge in [0.05, 0.1) is 32.7 Å². The van der Waals surface area contributed by atoms with Gasteiger partial charge in [0, 0.05) is 13.1 Å². The van der Waals surface area contributed by atoms with Gasteiger partial charge in [-0.2, -0.15) is 0 Å². The number of methoxy groups -OCH3 is 1. The lowest BCUT2D eigenvalue weighted by Gasteiger charge is -2.27. The van der Waals surface area contributed by atoms with Gasteiger partial charge in [-0.1, -0.05) is 12.1 Å². The highest BCUT2D eigenvalue weighted by Crippen LogP contribution is 2.19. The third-order valence-corrected chi connectivity index (χ3v) is 4.96. The Kier molecular flexibility index (Phi) is 6.48. The van der Waals surface area contributed by atoms with Crippen molar-refractivity contribution < 1.29 is 29.0 Å². The molecule has 0 saturated carbocycles. The molecule has 152 valence electrons. The van der Waals surface area contributed by atoms with E-state index in [1.165, 1.54) is 4.90 Å². The molecule has 3 atom stereocenters. The van der Waals surface area contributed by atoms with E-state index in [9.17, 15) is 19.5 Å². The molecule has 0 aromatic heterocycles. The fourth-order valence-electron chi connectivity index (χ4n) is 3.38. The van der Waals surface area contributed by atoms with E-state index >= 15 is 0 Å². The van der Waals surface area contributed by atoms with Gasteiger partial charge in [0.2, 0.25) is 11.8 Å². The summed E-state index contributed by atoms with van der Waals surface area (Å²) in [6, 6.07) is 7.35. The lowest BCUT2D eigenvalue weighted by atomic mass is 10.0. The Morgan fingerprint density at radius 1 is 1.29 bits per heavy atom. The summed E-state index contributed by atoms with van der Waals surface area (Å²) in [6.07, 6.45) is -0.911. The van der Waals surface area contributed by atoms with E-state index in [1.54, 1.807) is 7.11 Å². The van der Waals surface area contributed by atoms with Gasteiger partial charge in [0.25, 0.3) is 0 Å². The maximum Gasteiger partial charge on any atom is 0.308 e. The number of hydrogen-bond acceptors (Lipinski definition) is 7. The van der Waals surface area contributed by atoms with Crippen molar-refractivity contribution in [3.63, 3.8) is 0 Å². The largest absolute Gasteiger partial charge is 0.497 e. The van der Waals surface area contributed by atoms with Crippen LogP contribution < -0.4 is 15.4 Å². The fourth-order valence-corrected chi connectivity index (χ4v) is 3.38. The zero-order valence-corrected chi connectivity index (χ0v) is 15.7. The minimum absolute atomic E-state index is 0.0303. The van der Waals surface area contributed by atoms with E-state index in [-0.39, 0.29) is 43.9 Å². The average Bonchev–Trinajstić information content (AvgIpc) is 3.02. The van der Waals surface area contributed by atoms with Gasteiger partial charge in [0.1, 0.15) is 18.0 Å². The number of piperazine rings is 1. The van der Waals surface area contributed by atoms with Gasteiger partial charge in [-0.3, -0.25) is 14.4 Å². The summed E-state index contributed by atoms with van der Waals surface area (Å²) in [4.78, 5) is 36.7. The number of aliphatic hydroxyl groups excluding tert-OH is 1. The van der Waals surface area contributed by atoms with Crippen molar-refractivity contribution in [2.75, 3.05) is 33.3 Å². The quantitative estimate of drug-likeness (QED) is 0.502. The highest BCUT2D eigenvalue weighted by atomic mass is 16.6. The molecule has 2 heterocycles. The van der Waals surface area contributed by atoms with Gasteiger partial charge in [-0.15, -0.1) is 0 Å². The monoisotopic (exact) mass is 391 g/mol. The molecule has 9 heteroatoms. The zero-order valence-electron chi connectivity index (χ0n) is 15.7. The molecule has 0 aliphatic carbocycles. The number of β-amino-alcohol motifs (C(OH)–C–C–N with tert-alkyl or cyclic N) is 1. The van der Waals surface area contributed by atoms with Crippen LogP contribution in [0.1, 0.15) is 12.0 Å². The smallest absolute Gasteiger partial charge is 0.308 e. The molecule has 0 bridgehead atoms. The third-order valence-electron chi connectivity index (χ3n) is 4.96. The summed E-state index contributed by atoms with van der Waals surface area (Å²) in [5.41, 5.74) is 1.03. The second kappa shape index (κ2) is 9.03. The molecule has 3 N–H and O–H groups in total.